The summed E-state index contributed by atoms with van der Waals surface area (Å²) in [4.78, 5) is 13.4. The molecule has 2 amide bonds. The van der Waals surface area contributed by atoms with E-state index in [1.807, 2.05) is 4.90 Å². The lowest BCUT2D eigenvalue weighted by atomic mass is 9.99. The Morgan fingerprint density at radius 3 is 2.80 bits per heavy atom. The highest BCUT2D eigenvalue weighted by molar-refractivity contribution is 5.76. The Morgan fingerprint density at radius 2 is 2.13 bits per heavy atom. The van der Waals surface area contributed by atoms with E-state index >= 15 is 0 Å². The summed E-state index contributed by atoms with van der Waals surface area (Å²) in [5.74, 6) is 0.688. The zero-order chi connectivity index (χ0) is 10.7. The van der Waals surface area contributed by atoms with Crippen LogP contribution in [0.5, 0.6) is 0 Å². The number of nitrogens with one attached hydrogen (secondary N) is 1. The molecule has 2 fully saturated rings. The van der Waals surface area contributed by atoms with Gasteiger partial charge in [-0.05, 0) is 25.2 Å². The maximum absolute atomic E-state index is 11.6. The van der Waals surface area contributed by atoms with E-state index in [9.17, 15) is 4.79 Å². The number of nitrogens with zero attached hydrogens (tertiary/aromatic N) is 1. The Kier molecular flexibility index (Phi) is 3.46. The van der Waals surface area contributed by atoms with E-state index in [-0.39, 0.29) is 12.6 Å². The quantitative estimate of drug-likeness (QED) is 0.729. The summed E-state index contributed by atoms with van der Waals surface area (Å²) in [6, 6.07) is 0.416. The van der Waals surface area contributed by atoms with Gasteiger partial charge in [-0.15, -0.1) is 0 Å². The first-order valence-corrected chi connectivity index (χ1v) is 5.97. The zero-order valence-corrected chi connectivity index (χ0v) is 9.11. The molecule has 2 N–H and O–H groups in total. The first-order chi connectivity index (χ1) is 7.31. The number of hydrogen-bond donors (Lipinski definition) is 2. The number of amides is 2. The fourth-order valence-corrected chi connectivity index (χ4v) is 2.70. The molecule has 86 valence electrons. The summed E-state index contributed by atoms with van der Waals surface area (Å²) < 4.78 is 0. The molecule has 0 bridgehead atoms. The maximum atomic E-state index is 11.6. The smallest absolute Gasteiger partial charge is 0.317 e. The molecule has 4 nitrogen and oxygen atoms in total. The van der Waals surface area contributed by atoms with Crippen LogP contribution in [0.25, 0.3) is 0 Å². The second-order valence-corrected chi connectivity index (χ2v) is 4.62. The van der Waals surface area contributed by atoms with Crippen LogP contribution >= 0.6 is 0 Å². The molecule has 0 aromatic rings. The molecule has 1 aliphatic carbocycles. The second kappa shape index (κ2) is 4.84. The van der Waals surface area contributed by atoms with Gasteiger partial charge < -0.3 is 15.3 Å². The van der Waals surface area contributed by atoms with Gasteiger partial charge in [0.15, 0.2) is 0 Å². The minimum Gasteiger partial charge on any atom is -0.396 e. The highest BCUT2D eigenvalue weighted by atomic mass is 16.3. The Labute approximate surface area is 90.6 Å². The van der Waals surface area contributed by atoms with Crippen LogP contribution in [0.15, 0.2) is 0 Å². The van der Waals surface area contributed by atoms with Crippen LogP contribution < -0.4 is 5.32 Å². The van der Waals surface area contributed by atoms with Crippen molar-refractivity contribution in [1.29, 1.82) is 0 Å². The molecule has 0 aromatic heterocycles. The second-order valence-electron chi connectivity index (χ2n) is 4.62. The largest absolute Gasteiger partial charge is 0.396 e. The molecule has 1 saturated carbocycles. The molecule has 1 saturated heterocycles. The topological polar surface area (TPSA) is 52.6 Å². The summed E-state index contributed by atoms with van der Waals surface area (Å²) in [5.41, 5.74) is 0. The third-order valence-electron chi connectivity index (χ3n) is 3.57. The molecule has 15 heavy (non-hydrogen) atoms. The molecule has 0 spiro atoms. The molecular formula is C11H20N2O2. The maximum Gasteiger partial charge on any atom is 0.317 e. The van der Waals surface area contributed by atoms with Crippen molar-refractivity contribution in [3.63, 3.8) is 0 Å². The van der Waals surface area contributed by atoms with Gasteiger partial charge in [-0.25, -0.2) is 4.79 Å². The number of aliphatic hydroxyl groups is 1. The average Bonchev–Trinajstić information content (AvgIpc) is 2.83. The fraction of sp³-hybridized carbons (Fsp3) is 0.909. The summed E-state index contributed by atoms with van der Waals surface area (Å²) in [5, 5.41) is 11.8. The van der Waals surface area contributed by atoms with Gasteiger partial charge in [-0.2, -0.15) is 0 Å². The summed E-state index contributed by atoms with van der Waals surface area (Å²) in [6.45, 7) is 1.69. The van der Waals surface area contributed by atoms with Gasteiger partial charge in [0.25, 0.3) is 0 Å². The first kappa shape index (κ1) is 10.7. The highest BCUT2D eigenvalue weighted by Crippen LogP contribution is 2.29. The SMILES string of the molecule is O=C1NC(C2CCCC2)CN1CCCO. The van der Waals surface area contributed by atoms with Crippen molar-refractivity contribution in [2.45, 2.75) is 38.1 Å². The Hall–Kier alpha value is -0.770. The Balaban J connectivity index is 1.82. The monoisotopic (exact) mass is 212 g/mol. The van der Waals surface area contributed by atoms with Crippen molar-refractivity contribution in [3.8, 4) is 0 Å². The lowest BCUT2D eigenvalue weighted by Gasteiger charge is -2.17. The van der Waals surface area contributed by atoms with Gasteiger partial charge in [0.2, 0.25) is 0 Å². The molecule has 1 atom stereocenters. The van der Waals surface area contributed by atoms with Crippen LogP contribution in [-0.2, 0) is 0 Å². The number of urea groups is 1. The minimum absolute atomic E-state index is 0.0559. The van der Waals surface area contributed by atoms with E-state index in [4.69, 9.17) is 5.11 Å². The summed E-state index contributed by atoms with van der Waals surface area (Å²) in [6.07, 6.45) is 5.84. The van der Waals surface area contributed by atoms with E-state index in [0.29, 0.717) is 24.9 Å². The molecule has 4 heteroatoms. The van der Waals surface area contributed by atoms with Crippen LogP contribution in [0.4, 0.5) is 4.79 Å². The predicted octanol–water partition coefficient (Wildman–Crippen LogP) is 0.953. The van der Waals surface area contributed by atoms with Gasteiger partial charge in [-0.1, -0.05) is 12.8 Å². The third kappa shape index (κ3) is 2.43. The van der Waals surface area contributed by atoms with Crippen LogP contribution in [0.1, 0.15) is 32.1 Å². The van der Waals surface area contributed by atoms with Crippen molar-refractivity contribution in [3.05, 3.63) is 0 Å². The van der Waals surface area contributed by atoms with E-state index in [2.05, 4.69) is 5.32 Å². The average molecular weight is 212 g/mol. The molecule has 1 aliphatic heterocycles. The van der Waals surface area contributed by atoms with E-state index < -0.39 is 0 Å². The van der Waals surface area contributed by atoms with Crippen LogP contribution in [0.3, 0.4) is 0 Å². The van der Waals surface area contributed by atoms with Gasteiger partial charge in [0.05, 0.1) is 6.04 Å². The van der Waals surface area contributed by atoms with Crippen molar-refractivity contribution >= 4 is 6.03 Å². The molecule has 1 heterocycles. The zero-order valence-electron chi connectivity index (χ0n) is 9.11. The van der Waals surface area contributed by atoms with Crippen molar-refractivity contribution < 1.29 is 9.90 Å². The molecule has 0 radical (unpaired) electrons. The molecule has 2 aliphatic rings. The molecule has 0 aromatic carbocycles. The number of carbonyl (C=O) groups excluding carboxylic acids is 1. The third-order valence-corrected chi connectivity index (χ3v) is 3.57. The fourth-order valence-electron chi connectivity index (χ4n) is 2.70. The van der Waals surface area contributed by atoms with Crippen LogP contribution in [0, 0.1) is 5.92 Å². The standard InChI is InChI=1S/C11H20N2O2/c14-7-3-6-13-8-10(12-11(13)15)9-4-1-2-5-9/h9-10,14H,1-8H2,(H,12,15). The van der Waals surface area contributed by atoms with Crippen LogP contribution in [0.2, 0.25) is 0 Å². The van der Waals surface area contributed by atoms with Crippen molar-refractivity contribution in [1.82, 2.24) is 10.2 Å². The molecule has 2 rings (SSSR count). The Morgan fingerprint density at radius 1 is 1.40 bits per heavy atom. The predicted molar refractivity (Wildman–Crippen MR) is 57.6 cm³/mol. The number of aliphatic hydroxyl groups excluding tert-OH is 1. The lowest BCUT2D eigenvalue weighted by Crippen LogP contribution is -2.32. The minimum atomic E-state index is 0.0559. The number of carbonyl (C=O) groups is 1. The van der Waals surface area contributed by atoms with Crippen LogP contribution in [-0.4, -0.2) is 41.8 Å². The van der Waals surface area contributed by atoms with Gasteiger partial charge in [0.1, 0.15) is 0 Å². The lowest BCUT2D eigenvalue weighted by molar-refractivity contribution is 0.208. The normalized spacial score (nSPS) is 27.4. The van der Waals surface area contributed by atoms with Gasteiger partial charge >= 0.3 is 6.03 Å². The highest BCUT2D eigenvalue weighted by Gasteiger charge is 2.34. The number of hydrogen-bond acceptors (Lipinski definition) is 2. The van der Waals surface area contributed by atoms with Gasteiger partial charge in [0, 0.05) is 19.7 Å². The first-order valence-electron chi connectivity index (χ1n) is 5.97. The molecular weight excluding hydrogens is 192 g/mol. The van der Waals surface area contributed by atoms with Crippen molar-refractivity contribution in [2.75, 3.05) is 19.7 Å². The van der Waals surface area contributed by atoms with E-state index in [1.165, 1.54) is 25.7 Å². The van der Waals surface area contributed by atoms with E-state index in [1.54, 1.807) is 0 Å². The van der Waals surface area contributed by atoms with Gasteiger partial charge in [-0.3, -0.25) is 0 Å². The summed E-state index contributed by atoms with van der Waals surface area (Å²) >= 11 is 0. The van der Waals surface area contributed by atoms with E-state index in [0.717, 1.165) is 6.54 Å². The number of rotatable bonds is 4. The van der Waals surface area contributed by atoms with Crippen molar-refractivity contribution in [2.24, 2.45) is 5.92 Å². The molecule has 1 unspecified atom stereocenters. The Bertz CT molecular complexity index is 227. The summed E-state index contributed by atoms with van der Waals surface area (Å²) in [7, 11) is 0.